The van der Waals surface area contributed by atoms with E-state index >= 15 is 0 Å². The maximum atomic E-state index is 13.0. The van der Waals surface area contributed by atoms with E-state index in [2.05, 4.69) is 5.32 Å². The van der Waals surface area contributed by atoms with Crippen LogP contribution in [0.2, 0.25) is 0 Å². The summed E-state index contributed by atoms with van der Waals surface area (Å²) in [5.41, 5.74) is 0.402. The zero-order chi connectivity index (χ0) is 18.0. The highest BCUT2D eigenvalue weighted by atomic mass is 16.2. The smallest absolute Gasteiger partial charge is 0.245 e. The monoisotopic (exact) mass is 343 g/mol. The summed E-state index contributed by atoms with van der Waals surface area (Å²) in [5.74, 6) is -0.00277. The Bertz CT molecular complexity index is 664. The second-order valence-corrected chi connectivity index (χ2v) is 7.27. The predicted octanol–water partition coefficient (Wildman–Crippen LogP) is 0.914. The summed E-state index contributed by atoms with van der Waals surface area (Å²) >= 11 is 0. The summed E-state index contributed by atoms with van der Waals surface area (Å²) < 4.78 is 0. The van der Waals surface area contributed by atoms with Crippen LogP contribution in [-0.4, -0.2) is 59.7 Å². The minimum Gasteiger partial charge on any atom is -0.344 e. The van der Waals surface area contributed by atoms with Gasteiger partial charge in [0, 0.05) is 32.6 Å². The Morgan fingerprint density at radius 2 is 1.64 bits per heavy atom. The first-order valence-corrected chi connectivity index (χ1v) is 8.82. The third-order valence-electron chi connectivity index (χ3n) is 5.20. The quantitative estimate of drug-likeness (QED) is 0.887. The standard InChI is InChI=1S/C19H25N3O3/c1-19(2,14-6-4-3-5-7-14)18(25)22-12-10-21(11-13-22)17(24)15-8-9-16(23)20-15/h3-7,15H,8-13H2,1-2H3,(H,20,23)/t15-/m1/s1. The fraction of sp³-hybridized carbons (Fsp3) is 0.526. The van der Waals surface area contributed by atoms with Gasteiger partial charge in [-0.05, 0) is 25.8 Å². The average Bonchev–Trinajstić information content (AvgIpc) is 3.07. The second-order valence-electron chi connectivity index (χ2n) is 7.27. The molecule has 1 N–H and O–H groups in total. The summed E-state index contributed by atoms with van der Waals surface area (Å²) in [4.78, 5) is 40.3. The van der Waals surface area contributed by atoms with Gasteiger partial charge in [-0.1, -0.05) is 30.3 Å². The van der Waals surface area contributed by atoms with E-state index in [4.69, 9.17) is 0 Å². The van der Waals surface area contributed by atoms with Gasteiger partial charge in [-0.15, -0.1) is 0 Å². The van der Waals surface area contributed by atoms with Gasteiger partial charge in [0.15, 0.2) is 0 Å². The number of piperazine rings is 1. The lowest BCUT2D eigenvalue weighted by molar-refractivity contribution is -0.143. The number of hydrogen-bond donors (Lipinski definition) is 1. The third kappa shape index (κ3) is 3.52. The molecule has 2 aliphatic rings. The Kier molecular flexibility index (Phi) is 4.79. The molecule has 6 heteroatoms. The summed E-state index contributed by atoms with van der Waals surface area (Å²) in [6.07, 6.45) is 0.984. The number of benzene rings is 1. The molecule has 25 heavy (non-hydrogen) atoms. The maximum Gasteiger partial charge on any atom is 0.245 e. The summed E-state index contributed by atoms with van der Waals surface area (Å²) in [5, 5.41) is 2.72. The molecule has 0 saturated carbocycles. The van der Waals surface area contributed by atoms with Crippen LogP contribution in [0.3, 0.4) is 0 Å². The van der Waals surface area contributed by atoms with Crippen LogP contribution >= 0.6 is 0 Å². The van der Waals surface area contributed by atoms with Crippen molar-refractivity contribution in [3.8, 4) is 0 Å². The summed E-state index contributed by atoms with van der Waals surface area (Å²) in [6, 6.07) is 9.38. The molecule has 6 nitrogen and oxygen atoms in total. The molecule has 3 amide bonds. The number of carbonyl (C=O) groups is 3. The van der Waals surface area contributed by atoms with Crippen LogP contribution in [-0.2, 0) is 19.8 Å². The fourth-order valence-corrected chi connectivity index (χ4v) is 3.52. The van der Waals surface area contributed by atoms with Gasteiger partial charge in [-0.3, -0.25) is 14.4 Å². The minimum atomic E-state index is -0.590. The van der Waals surface area contributed by atoms with Gasteiger partial charge in [-0.25, -0.2) is 0 Å². The van der Waals surface area contributed by atoms with E-state index in [9.17, 15) is 14.4 Å². The minimum absolute atomic E-state index is 0.0275. The molecule has 2 aliphatic heterocycles. The number of rotatable bonds is 3. The van der Waals surface area contributed by atoms with Gasteiger partial charge < -0.3 is 15.1 Å². The Morgan fingerprint density at radius 3 is 2.20 bits per heavy atom. The summed E-state index contributed by atoms with van der Waals surface area (Å²) in [6.45, 7) is 5.97. The van der Waals surface area contributed by atoms with E-state index in [1.165, 1.54) is 0 Å². The van der Waals surface area contributed by atoms with Crippen molar-refractivity contribution in [3.63, 3.8) is 0 Å². The first-order valence-electron chi connectivity index (χ1n) is 8.82. The highest BCUT2D eigenvalue weighted by Crippen LogP contribution is 2.26. The molecule has 0 aliphatic carbocycles. The molecule has 0 spiro atoms. The highest BCUT2D eigenvalue weighted by molar-refractivity contribution is 5.91. The number of nitrogens with zero attached hydrogens (tertiary/aromatic N) is 2. The van der Waals surface area contributed by atoms with Gasteiger partial charge in [0.05, 0.1) is 5.41 Å². The zero-order valence-electron chi connectivity index (χ0n) is 14.8. The zero-order valence-corrected chi connectivity index (χ0v) is 14.8. The summed E-state index contributed by atoms with van der Waals surface area (Å²) in [7, 11) is 0. The SMILES string of the molecule is CC(C)(C(=O)N1CCN(C(=O)[C@H]2CCC(=O)N2)CC1)c1ccccc1. The predicted molar refractivity (Wildman–Crippen MR) is 93.8 cm³/mol. The molecule has 134 valence electrons. The average molecular weight is 343 g/mol. The van der Waals surface area contributed by atoms with Gasteiger partial charge in [0.2, 0.25) is 17.7 Å². The lowest BCUT2D eigenvalue weighted by Gasteiger charge is -2.39. The molecule has 0 bridgehead atoms. The molecule has 2 saturated heterocycles. The molecule has 2 heterocycles. The first-order chi connectivity index (χ1) is 11.9. The molecule has 0 radical (unpaired) electrons. The van der Waals surface area contributed by atoms with E-state index in [1.807, 2.05) is 49.1 Å². The number of amides is 3. The second kappa shape index (κ2) is 6.86. The Labute approximate surface area is 148 Å². The molecule has 3 rings (SSSR count). The van der Waals surface area contributed by atoms with Crippen molar-refractivity contribution in [3.05, 3.63) is 35.9 Å². The van der Waals surface area contributed by atoms with E-state index in [1.54, 1.807) is 4.90 Å². The molecule has 2 fully saturated rings. The third-order valence-corrected chi connectivity index (χ3v) is 5.20. The lowest BCUT2D eigenvalue weighted by atomic mass is 9.83. The number of hydrogen-bond acceptors (Lipinski definition) is 3. The first kappa shape index (κ1) is 17.5. The Morgan fingerprint density at radius 1 is 1.04 bits per heavy atom. The maximum absolute atomic E-state index is 13.0. The van der Waals surface area contributed by atoms with E-state index in [0.717, 1.165) is 5.56 Å². The van der Waals surface area contributed by atoms with Gasteiger partial charge >= 0.3 is 0 Å². The van der Waals surface area contributed by atoms with Crippen LogP contribution in [0.4, 0.5) is 0 Å². The van der Waals surface area contributed by atoms with Gasteiger partial charge in [0.25, 0.3) is 0 Å². The van der Waals surface area contributed by atoms with Crippen LogP contribution in [0.1, 0.15) is 32.3 Å². The molecular formula is C19H25N3O3. The number of nitrogens with one attached hydrogen (secondary N) is 1. The number of carbonyl (C=O) groups excluding carboxylic acids is 3. The molecule has 1 aromatic carbocycles. The van der Waals surface area contributed by atoms with E-state index < -0.39 is 11.5 Å². The van der Waals surface area contributed by atoms with Gasteiger partial charge in [-0.2, -0.15) is 0 Å². The van der Waals surface area contributed by atoms with Gasteiger partial charge in [0.1, 0.15) is 6.04 Å². The highest BCUT2D eigenvalue weighted by Gasteiger charge is 2.37. The molecule has 0 unspecified atom stereocenters. The van der Waals surface area contributed by atoms with Crippen molar-refractivity contribution < 1.29 is 14.4 Å². The van der Waals surface area contributed by atoms with Crippen LogP contribution in [0, 0.1) is 0 Å². The Balaban J connectivity index is 1.59. The van der Waals surface area contributed by atoms with Crippen LogP contribution in [0.25, 0.3) is 0 Å². The molecule has 0 aromatic heterocycles. The van der Waals surface area contributed by atoms with Crippen molar-refractivity contribution in [1.29, 1.82) is 0 Å². The van der Waals surface area contributed by atoms with E-state index in [-0.39, 0.29) is 17.7 Å². The molecular weight excluding hydrogens is 318 g/mol. The van der Waals surface area contributed by atoms with Crippen LogP contribution in [0.5, 0.6) is 0 Å². The largest absolute Gasteiger partial charge is 0.344 e. The topological polar surface area (TPSA) is 69.7 Å². The normalized spacial score (nSPS) is 21.2. The van der Waals surface area contributed by atoms with E-state index in [0.29, 0.717) is 39.0 Å². The van der Waals surface area contributed by atoms with Crippen LogP contribution < -0.4 is 5.32 Å². The van der Waals surface area contributed by atoms with Crippen molar-refractivity contribution in [1.82, 2.24) is 15.1 Å². The Hall–Kier alpha value is -2.37. The van der Waals surface area contributed by atoms with Crippen molar-refractivity contribution in [2.24, 2.45) is 0 Å². The molecule has 1 atom stereocenters. The van der Waals surface area contributed by atoms with Crippen molar-refractivity contribution in [2.45, 2.75) is 38.1 Å². The molecule has 1 aromatic rings. The van der Waals surface area contributed by atoms with Crippen molar-refractivity contribution >= 4 is 17.7 Å². The van der Waals surface area contributed by atoms with Crippen LogP contribution in [0.15, 0.2) is 30.3 Å². The fourth-order valence-electron chi connectivity index (χ4n) is 3.52. The lowest BCUT2D eigenvalue weighted by Crippen LogP contribution is -2.56. The van der Waals surface area contributed by atoms with Crippen molar-refractivity contribution in [2.75, 3.05) is 26.2 Å².